The van der Waals surface area contributed by atoms with Gasteiger partial charge >= 0.3 is 0 Å². The van der Waals surface area contributed by atoms with Crippen LogP contribution in [0.2, 0.25) is 0 Å². The molecular weight excluding hydrogens is 300 g/mol. The lowest BCUT2D eigenvalue weighted by Gasteiger charge is -2.54. The van der Waals surface area contributed by atoms with Gasteiger partial charge in [0.05, 0.1) is 17.8 Å². The zero-order valence-corrected chi connectivity index (χ0v) is 12.9. The van der Waals surface area contributed by atoms with Gasteiger partial charge in [0, 0.05) is 24.0 Å². The van der Waals surface area contributed by atoms with Crippen LogP contribution in [-0.2, 0) is 4.74 Å². The third-order valence-electron chi connectivity index (χ3n) is 5.70. The van der Waals surface area contributed by atoms with Crippen molar-refractivity contribution in [2.75, 3.05) is 11.9 Å². The Bertz CT molecular complexity index is 643. The number of benzene rings is 1. The first-order valence-corrected chi connectivity index (χ1v) is 8.27. The molecule has 124 valence electrons. The highest BCUT2D eigenvalue weighted by Gasteiger charge is 2.65. The molecule has 3 aliphatic rings. The molecule has 1 aromatic carbocycles. The van der Waals surface area contributed by atoms with Crippen molar-refractivity contribution in [1.82, 2.24) is 0 Å². The minimum Gasteiger partial charge on any atom is -0.377 e. The quantitative estimate of drug-likeness (QED) is 0.650. The van der Waals surface area contributed by atoms with E-state index in [2.05, 4.69) is 10.3 Å². The summed E-state index contributed by atoms with van der Waals surface area (Å²) in [5, 5.41) is 2.71. The van der Waals surface area contributed by atoms with E-state index in [9.17, 15) is 8.78 Å². The van der Waals surface area contributed by atoms with Crippen molar-refractivity contribution in [2.24, 2.45) is 22.1 Å². The van der Waals surface area contributed by atoms with Gasteiger partial charge in [-0.2, -0.15) is 0 Å². The number of ether oxygens (including phenoxy) is 1. The van der Waals surface area contributed by atoms with Crippen molar-refractivity contribution in [3.63, 3.8) is 0 Å². The first kappa shape index (κ1) is 14.9. The summed E-state index contributed by atoms with van der Waals surface area (Å²) in [4.78, 5) is 4.64. The highest BCUT2D eigenvalue weighted by Crippen LogP contribution is 2.62. The molecule has 0 aromatic heterocycles. The largest absolute Gasteiger partial charge is 0.377 e. The van der Waals surface area contributed by atoms with Crippen LogP contribution < -0.4 is 11.1 Å². The molecule has 2 saturated carbocycles. The maximum Gasteiger partial charge on any atom is 0.193 e. The lowest BCUT2D eigenvalue weighted by molar-refractivity contribution is -0.117. The number of aliphatic imine (C=N–C) groups is 1. The van der Waals surface area contributed by atoms with Crippen LogP contribution in [0.3, 0.4) is 0 Å². The second kappa shape index (κ2) is 5.44. The van der Waals surface area contributed by atoms with Crippen LogP contribution in [0.4, 0.5) is 14.5 Å². The molecule has 3 unspecified atom stereocenters. The molecule has 3 fully saturated rings. The van der Waals surface area contributed by atoms with Gasteiger partial charge in [-0.3, -0.25) is 0 Å². The van der Waals surface area contributed by atoms with Crippen LogP contribution in [0, 0.1) is 23.0 Å². The maximum atomic E-state index is 13.7. The Morgan fingerprint density at radius 1 is 1.30 bits per heavy atom. The second-order valence-corrected chi connectivity index (χ2v) is 6.89. The average molecular weight is 321 g/mol. The Hall–Kier alpha value is -1.69. The molecule has 4 nitrogen and oxygen atoms in total. The number of hydrogen-bond donors (Lipinski definition) is 2. The summed E-state index contributed by atoms with van der Waals surface area (Å²) in [5.74, 6) is -0.500. The molecule has 6 heteroatoms. The predicted molar refractivity (Wildman–Crippen MR) is 84.1 cm³/mol. The lowest BCUT2D eigenvalue weighted by atomic mass is 9.54. The Morgan fingerprint density at radius 3 is 2.87 bits per heavy atom. The van der Waals surface area contributed by atoms with Crippen LogP contribution in [0.5, 0.6) is 0 Å². The Balaban J connectivity index is 1.55. The molecular formula is C17H21F2N3O. The molecule has 1 spiro atoms. The summed E-state index contributed by atoms with van der Waals surface area (Å²) in [6.07, 6.45) is 5.93. The minimum absolute atomic E-state index is 0.0188. The lowest BCUT2D eigenvalue weighted by Crippen LogP contribution is -2.61. The summed E-state index contributed by atoms with van der Waals surface area (Å²) < 4.78 is 32.9. The number of anilines is 1. The fourth-order valence-electron chi connectivity index (χ4n) is 4.75. The Kier molecular flexibility index (Phi) is 3.52. The van der Waals surface area contributed by atoms with Crippen molar-refractivity contribution in [3.05, 3.63) is 29.8 Å². The highest BCUT2D eigenvalue weighted by atomic mass is 19.1. The summed E-state index contributed by atoms with van der Waals surface area (Å²) in [7, 11) is 0. The number of nitrogens with two attached hydrogens (primary N) is 1. The first-order valence-electron chi connectivity index (χ1n) is 8.27. The second-order valence-electron chi connectivity index (χ2n) is 6.89. The van der Waals surface area contributed by atoms with Crippen molar-refractivity contribution in [3.8, 4) is 0 Å². The van der Waals surface area contributed by atoms with Gasteiger partial charge in [0.15, 0.2) is 5.96 Å². The van der Waals surface area contributed by atoms with Gasteiger partial charge in [0.2, 0.25) is 0 Å². The van der Waals surface area contributed by atoms with Gasteiger partial charge < -0.3 is 15.8 Å². The SMILES string of the molecule is NC(=NC1C2CCOC2C12CCCC2)Nc1cc(F)ccc1F. The maximum absolute atomic E-state index is 13.7. The van der Waals surface area contributed by atoms with E-state index in [4.69, 9.17) is 10.5 Å². The van der Waals surface area contributed by atoms with Crippen LogP contribution >= 0.6 is 0 Å². The van der Waals surface area contributed by atoms with E-state index in [0.717, 1.165) is 44.1 Å². The third-order valence-corrected chi connectivity index (χ3v) is 5.70. The number of nitrogens with zero attached hydrogens (tertiary/aromatic N) is 1. The van der Waals surface area contributed by atoms with Crippen molar-refractivity contribution >= 4 is 11.6 Å². The first-order chi connectivity index (χ1) is 11.1. The fraction of sp³-hybridized carbons (Fsp3) is 0.588. The van der Waals surface area contributed by atoms with Gasteiger partial charge in [-0.15, -0.1) is 0 Å². The van der Waals surface area contributed by atoms with Crippen molar-refractivity contribution in [1.29, 1.82) is 0 Å². The topological polar surface area (TPSA) is 59.6 Å². The van der Waals surface area contributed by atoms with Crippen LogP contribution in [0.25, 0.3) is 0 Å². The summed E-state index contributed by atoms with van der Waals surface area (Å²) >= 11 is 0. The zero-order valence-electron chi connectivity index (χ0n) is 12.9. The Morgan fingerprint density at radius 2 is 2.09 bits per heavy atom. The standard InChI is InChI=1S/C17H21F2N3O/c18-10-3-4-12(19)13(9-10)21-16(20)22-14-11-5-8-23-15(11)17(14)6-1-2-7-17/h3-4,9,11,14-15H,1-2,5-8H2,(H3,20,21,22). The van der Waals surface area contributed by atoms with Crippen LogP contribution in [0.1, 0.15) is 32.1 Å². The van der Waals surface area contributed by atoms with Gasteiger partial charge in [0.1, 0.15) is 11.6 Å². The predicted octanol–water partition coefficient (Wildman–Crippen LogP) is 3.04. The number of guanidine groups is 1. The van der Waals surface area contributed by atoms with Gasteiger partial charge in [-0.05, 0) is 31.4 Å². The summed E-state index contributed by atoms with van der Waals surface area (Å²) in [6.45, 7) is 0.787. The molecule has 23 heavy (non-hydrogen) atoms. The average Bonchev–Trinajstić information content (AvgIpc) is 3.16. The monoisotopic (exact) mass is 321 g/mol. The normalized spacial score (nSPS) is 31.9. The molecule has 2 aliphatic carbocycles. The minimum atomic E-state index is -0.546. The third kappa shape index (κ3) is 2.31. The molecule has 0 bridgehead atoms. The molecule has 1 heterocycles. The molecule has 0 amide bonds. The van der Waals surface area contributed by atoms with Crippen molar-refractivity contribution < 1.29 is 13.5 Å². The fourth-order valence-corrected chi connectivity index (χ4v) is 4.75. The molecule has 1 aromatic rings. The molecule has 3 N–H and O–H groups in total. The number of rotatable bonds is 2. The van der Waals surface area contributed by atoms with E-state index < -0.39 is 11.6 Å². The number of hydrogen-bond acceptors (Lipinski definition) is 2. The highest BCUT2D eigenvalue weighted by molar-refractivity contribution is 5.92. The number of halogens is 2. The van der Waals surface area contributed by atoms with Gasteiger partial charge in [-0.1, -0.05) is 12.8 Å². The summed E-state index contributed by atoms with van der Waals surface area (Å²) in [6, 6.07) is 3.37. The number of fused-ring (bicyclic) bond motifs is 2. The van der Waals surface area contributed by atoms with E-state index in [-0.39, 0.29) is 23.1 Å². The van der Waals surface area contributed by atoms with Crippen molar-refractivity contribution in [2.45, 2.75) is 44.2 Å². The van der Waals surface area contributed by atoms with Crippen LogP contribution in [0.15, 0.2) is 23.2 Å². The van der Waals surface area contributed by atoms with E-state index in [1.165, 1.54) is 12.8 Å². The van der Waals surface area contributed by atoms with E-state index in [0.29, 0.717) is 12.0 Å². The molecule has 4 rings (SSSR count). The van der Waals surface area contributed by atoms with Gasteiger partial charge in [0.25, 0.3) is 0 Å². The molecule has 3 atom stereocenters. The molecule has 1 aliphatic heterocycles. The van der Waals surface area contributed by atoms with E-state index in [1.54, 1.807) is 0 Å². The summed E-state index contributed by atoms with van der Waals surface area (Å²) in [5.41, 5.74) is 6.10. The Labute approximate surface area is 134 Å². The van der Waals surface area contributed by atoms with Crippen LogP contribution in [-0.4, -0.2) is 24.7 Å². The smallest absolute Gasteiger partial charge is 0.193 e. The molecule has 0 radical (unpaired) electrons. The van der Waals surface area contributed by atoms with E-state index in [1.807, 2.05) is 0 Å². The molecule has 1 saturated heterocycles. The number of nitrogens with one attached hydrogen (secondary N) is 1. The van der Waals surface area contributed by atoms with Gasteiger partial charge in [-0.25, -0.2) is 13.8 Å². The van der Waals surface area contributed by atoms with E-state index >= 15 is 0 Å². The zero-order chi connectivity index (χ0) is 16.0.